The minimum atomic E-state index is -0.160. The predicted octanol–water partition coefficient (Wildman–Crippen LogP) is 1.12. The number of carbonyl (C=O) groups excluding carboxylic acids is 1. The molecule has 0 saturated heterocycles. The highest BCUT2D eigenvalue weighted by molar-refractivity contribution is 5.94. The molecule has 1 aliphatic rings. The lowest BCUT2D eigenvalue weighted by atomic mass is 9.93. The third-order valence-electron chi connectivity index (χ3n) is 4.00. The van der Waals surface area contributed by atoms with Gasteiger partial charge in [-0.1, -0.05) is 19.3 Å². The first-order valence-electron chi connectivity index (χ1n) is 7.31. The van der Waals surface area contributed by atoms with Gasteiger partial charge < -0.3 is 15.2 Å². The SMILES string of the molecule is Cn1ccc(C(=O)N(CCN)C2CCCCC2)cc1=O. The second-order valence-corrected chi connectivity index (χ2v) is 5.44. The van der Waals surface area contributed by atoms with Crippen molar-refractivity contribution in [1.29, 1.82) is 0 Å². The molecule has 2 rings (SSSR count). The molecule has 110 valence electrons. The Hall–Kier alpha value is -1.62. The molecule has 20 heavy (non-hydrogen) atoms. The summed E-state index contributed by atoms with van der Waals surface area (Å²) < 4.78 is 1.46. The van der Waals surface area contributed by atoms with Crippen molar-refractivity contribution in [3.63, 3.8) is 0 Å². The maximum atomic E-state index is 12.6. The number of nitrogens with two attached hydrogens (primary N) is 1. The zero-order valence-electron chi connectivity index (χ0n) is 12.0. The van der Waals surface area contributed by atoms with Gasteiger partial charge in [-0.25, -0.2) is 0 Å². The minimum Gasteiger partial charge on any atom is -0.334 e. The van der Waals surface area contributed by atoms with Crippen molar-refractivity contribution in [3.05, 3.63) is 34.2 Å². The van der Waals surface area contributed by atoms with E-state index in [4.69, 9.17) is 5.73 Å². The van der Waals surface area contributed by atoms with Crippen LogP contribution < -0.4 is 11.3 Å². The van der Waals surface area contributed by atoms with Gasteiger partial charge in [-0.2, -0.15) is 0 Å². The summed E-state index contributed by atoms with van der Waals surface area (Å²) >= 11 is 0. The van der Waals surface area contributed by atoms with E-state index >= 15 is 0 Å². The number of pyridine rings is 1. The van der Waals surface area contributed by atoms with E-state index in [1.54, 1.807) is 19.3 Å². The van der Waals surface area contributed by atoms with Crippen molar-refractivity contribution in [1.82, 2.24) is 9.47 Å². The quantitative estimate of drug-likeness (QED) is 0.896. The molecule has 5 nitrogen and oxygen atoms in total. The van der Waals surface area contributed by atoms with Crippen LogP contribution in [-0.2, 0) is 7.05 Å². The molecule has 0 bridgehead atoms. The molecule has 1 aliphatic carbocycles. The van der Waals surface area contributed by atoms with Crippen LogP contribution in [0.2, 0.25) is 0 Å². The average molecular weight is 277 g/mol. The van der Waals surface area contributed by atoms with Crippen molar-refractivity contribution < 1.29 is 4.79 Å². The highest BCUT2D eigenvalue weighted by Crippen LogP contribution is 2.23. The Balaban J connectivity index is 2.21. The summed E-state index contributed by atoms with van der Waals surface area (Å²) in [6.07, 6.45) is 7.28. The molecule has 1 fully saturated rings. The lowest BCUT2D eigenvalue weighted by molar-refractivity contribution is 0.0641. The predicted molar refractivity (Wildman–Crippen MR) is 78.6 cm³/mol. The normalized spacial score (nSPS) is 16.1. The smallest absolute Gasteiger partial charge is 0.254 e. The number of nitrogens with zero attached hydrogens (tertiary/aromatic N) is 2. The van der Waals surface area contributed by atoms with Gasteiger partial charge in [-0.05, 0) is 18.9 Å². The van der Waals surface area contributed by atoms with E-state index in [0.29, 0.717) is 18.7 Å². The summed E-state index contributed by atoms with van der Waals surface area (Å²) in [5, 5.41) is 0. The summed E-state index contributed by atoms with van der Waals surface area (Å²) in [7, 11) is 1.68. The van der Waals surface area contributed by atoms with Crippen LogP contribution in [0.25, 0.3) is 0 Å². The Morgan fingerprint density at radius 1 is 1.40 bits per heavy atom. The van der Waals surface area contributed by atoms with Gasteiger partial charge in [0, 0.05) is 44.0 Å². The Bertz CT molecular complexity index is 518. The Morgan fingerprint density at radius 3 is 2.70 bits per heavy atom. The van der Waals surface area contributed by atoms with E-state index in [1.807, 2.05) is 4.90 Å². The molecular formula is C15H23N3O2. The van der Waals surface area contributed by atoms with E-state index in [2.05, 4.69) is 0 Å². The Labute approximate surface area is 119 Å². The zero-order chi connectivity index (χ0) is 14.5. The van der Waals surface area contributed by atoms with E-state index in [1.165, 1.54) is 17.1 Å². The molecule has 0 aromatic carbocycles. The van der Waals surface area contributed by atoms with Crippen LogP contribution >= 0.6 is 0 Å². The monoisotopic (exact) mass is 277 g/mol. The lowest BCUT2D eigenvalue weighted by Crippen LogP contribution is -2.44. The lowest BCUT2D eigenvalue weighted by Gasteiger charge is -2.34. The van der Waals surface area contributed by atoms with Gasteiger partial charge in [-0.15, -0.1) is 0 Å². The first kappa shape index (κ1) is 14.8. The number of aryl methyl sites for hydroxylation is 1. The maximum Gasteiger partial charge on any atom is 0.254 e. The van der Waals surface area contributed by atoms with Crippen LogP contribution in [0.4, 0.5) is 0 Å². The van der Waals surface area contributed by atoms with Gasteiger partial charge in [0.25, 0.3) is 11.5 Å². The van der Waals surface area contributed by atoms with E-state index in [-0.39, 0.29) is 17.5 Å². The average Bonchev–Trinajstić information content (AvgIpc) is 2.48. The van der Waals surface area contributed by atoms with Gasteiger partial charge in [0.15, 0.2) is 0 Å². The number of amides is 1. The van der Waals surface area contributed by atoms with Crippen LogP contribution in [0.15, 0.2) is 23.1 Å². The molecule has 0 unspecified atom stereocenters. The molecule has 0 spiro atoms. The molecule has 1 aromatic rings. The van der Waals surface area contributed by atoms with Crippen LogP contribution in [0.3, 0.4) is 0 Å². The Morgan fingerprint density at radius 2 is 2.10 bits per heavy atom. The molecule has 1 heterocycles. The van der Waals surface area contributed by atoms with E-state index in [0.717, 1.165) is 25.7 Å². The molecular weight excluding hydrogens is 254 g/mol. The second kappa shape index (κ2) is 6.70. The largest absolute Gasteiger partial charge is 0.334 e. The number of carbonyl (C=O) groups is 1. The second-order valence-electron chi connectivity index (χ2n) is 5.44. The van der Waals surface area contributed by atoms with Crippen LogP contribution in [0, 0.1) is 0 Å². The van der Waals surface area contributed by atoms with Gasteiger partial charge in [0.1, 0.15) is 0 Å². The number of rotatable bonds is 4. The third-order valence-corrected chi connectivity index (χ3v) is 4.00. The highest BCUT2D eigenvalue weighted by atomic mass is 16.2. The van der Waals surface area contributed by atoms with Crippen molar-refractivity contribution >= 4 is 5.91 Å². The molecule has 5 heteroatoms. The fourth-order valence-corrected chi connectivity index (χ4v) is 2.83. The zero-order valence-corrected chi connectivity index (χ0v) is 12.0. The van der Waals surface area contributed by atoms with Crippen molar-refractivity contribution in [2.45, 2.75) is 38.1 Å². The fourth-order valence-electron chi connectivity index (χ4n) is 2.83. The summed E-state index contributed by atoms with van der Waals surface area (Å²) in [5.74, 6) is -0.0694. The number of hydrogen-bond donors (Lipinski definition) is 1. The van der Waals surface area contributed by atoms with Gasteiger partial charge >= 0.3 is 0 Å². The summed E-state index contributed by atoms with van der Waals surface area (Å²) in [4.78, 5) is 26.1. The molecule has 2 N–H and O–H groups in total. The van der Waals surface area contributed by atoms with Gasteiger partial charge in [0.2, 0.25) is 0 Å². The molecule has 1 saturated carbocycles. The fraction of sp³-hybridized carbons (Fsp3) is 0.600. The third kappa shape index (κ3) is 3.28. The summed E-state index contributed by atoms with van der Waals surface area (Å²) in [5.41, 5.74) is 5.95. The maximum absolute atomic E-state index is 12.6. The Kier molecular flexibility index (Phi) is 4.95. The number of aromatic nitrogens is 1. The standard InChI is InChI=1S/C15H23N3O2/c1-17-9-7-12(11-14(17)19)15(20)18(10-8-16)13-5-3-2-4-6-13/h7,9,11,13H,2-6,8,10,16H2,1H3. The van der Waals surface area contributed by atoms with Crippen LogP contribution in [-0.4, -0.2) is 34.5 Å². The van der Waals surface area contributed by atoms with Crippen LogP contribution in [0.5, 0.6) is 0 Å². The summed E-state index contributed by atoms with van der Waals surface area (Å²) in [6, 6.07) is 3.38. The van der Waals surface area contributed by atoms with Gasteiger partial charge in [0.05, 0.1) is 0 Å². The first-order valence-corrected chi connectivity index (χ1v) is 7.31. The van der Waals surface area contributed by atoms with Crippen molar-refractivity contribution in [2.75, 3.05) is 13.1 Å². The number of hydrogen-bond acceptors (Lipinski definition) is 3. The van der Waals surface area contributed by atoms with E-state index in [9.17, 15) is 9.59 Å². The van der Waals surface area contributed by atoms with Crippen LogP contribution in [0.1, 0.15) is 42.5 Å². The molecule has 0 atom stereocenters. The van der Waals surface area contributed by atoms with Crippen molar-refractivity contribution in [3.8, 4) is 0 Å². The van der Waals surface area contributed by atoms with Gasteiger partial charge in [-0.3, -0.25) is 9.59 Å². The van der Waals surface area contributed by atoms with Crippen molar-refractivity contribution in [2.24, 2.45) is 12.8 Å². The molecule has 0 aliphatic heterocycles. The molecule has 0 radical (unpaired) electrons. The van der Waals surface area contributed by atoms with E-state index < -0.39 is 0 Å². The topological polar surface area (TPSA) is 68.3 Å². The highest BCUT2D eigenvalue weighted by Gasteiger charge is 2.25. The summed E-state index contributed by atoms with van der Waals surface area (Å²) in [6.45, 7) is 1.01. The molecule has 1 amide bonds. The minimum absolute atomic E-state index is 0.0694. The molecule has 1 aromatic heterocycles. The first-order chi connectivity index (χ1) is 9.63.